The molecule has 0 radical (unpaired) electrons. The highest BCUT2D eigenvalue weighted by Gasteiger charge is 2.09. The van der Waals surface area contributed by atoms with Crippen molar-refractivity contribution in [1.82, 2.24) is 10.3 Å². The molecule has 0 unspecified atom stereocenters. The van der Waals surface area contributed by atoms with Gasteiger partial charge in [-0.2, -0.15) is 0 Å². The predicted molar refractivity (Wildman–Crippen MR) is 82.5 cm³/mol. The summed E-state index contributed by atoms with van der Waals surface area (Å²) >= 11 is 6.00. The lowest BCUT2D eigenvalue weighted by molar-refractivity contribution is 0.469. The van der Waals surface area contributed by atoms with Gasteiger partial charge in [0.15, 0.2) is 0 Å². The molecule has 2 aromatic rings. The Hall–Kier alpha value is -1.65. The molecule has 0 saturated carbocycles. The Morgan fingerprint density at radius 2 is 2.10 bits per heavy atom. The van der Waals surface area contributed by atoms with Gasteiger partial charge in [-0.25, -0.2) is 4.39 Å². The van der Waals surface area contributed by atoms with E-state index in [0.29, 0.717) is 18.0 Å². The van der Waals surface area contributed by atoms with Gasteiger partial charge < -0.3 is 10.1 Å². The van der Waals surface area contributed by atoms with Crippen molar-refractivity contribution >= 4 is 11.6 Å². The molecule has 1 N–H and O–H groups in total. The summed E-state index contributed by atoms with van der Waals surface area (Å²) in [4.78, 5) is 4.28. The summed E-state index contributed by atoms with van der Waals surface area (Å²) in [7, 11) is 0. The maximum absolute atomic E-state index is 13.1. The van der Waals surface area contributed by atoms with Crippen LogP contribution in [0.2, 0.25) is 5.02 Å². The Kier molecular flexibility index (Phi) is 5.53. The van der Waals surface area contributed by atoms with Gasteiger partial charge in [0.05, 0.1) is 5.02 Å². The van der Waals surface area contributed by atoms with Crippen molar-refractivity contribution in [2.24, 2.45) is 0 Å². The summed E-state index contributed by atoms with van der Waals surface area (Å²) < 4.78 is 18.9. The molecular formula is C16H18ClFN2O. The van der Waals surface area contributed by atoms with Gasteiger partial charge in [0, 0.05) is 30.1 Å². The lowest BCUT2D eigenvalue weighted by atomic mass is 10.2. The van der Waals surface area contributed by atoms with Gasteiger partial charge in [0.25, 0.3) is 0 Å². The molecule has 0 aliphatic heterocycles. The maximum Gasteiger partial charge on any atom is 0.146 e. The monoisotopic (exact) mass is 308 g/mol. The van der Waals surface area contributed by atoms with Crippen molar-refractivity contribution in [2.75, 3.05) is 6.54 Å². The second-order valence-corrected chi connectivity index (χ2v) is 5.19. The Morgan fingerprint density at radius 3 is 2.81 bits per heavy atom. The van der Waals surface area contributed by atoms with Crippen LogP contribution in [-0.4, -0.2) is 11.5 Å². The number of rotatable bonds is 6. The van der Waals surface area contributed by atoms with Gasteiger partial charge in [0.1, 0.15) is 17.3 Å². The molecule has 1 aromatic carbocycles. The Bertz CT molecular complexity index is 619. The Labute approximate surface area is 129 Å². The molecule has 0 atom stereocenters. The SMILES string of the molecule is CCCNCc1cnc(C)cc1Oc1ccc(F)cc1Cl. The molecule has 0 spiro atoms. The van der Waals surface area contributed by atoms with Gasteiger partial charge in [-0.3, -0.25) is 4.98 Å². The van der Waals surface area contributed by atoms with Crippen LogP contribution in [0.25, 0.3) is 0 Å². The molecular weight excluding hydrogens is 291 g/mol. The Balaban J connectivity index is 2.22. The smallest absolute Gasteiger partial charge is 0.146 e. The summed E-state index contributed by atoms with van der Waals surface area (Å²) in [5, 5.41) is 3.55. The van der Waals surface area contributed by atoms with E-state index in [-0.39, 0.29) is 10.8 Å². The third-order valence-electron chi connectivity index (χ3n) is 2.94. The molecule has 1 aromatic heterocycles. The topological polar surface area (TPSA) is 34.2 Å². The molecule has 0 amide bonds. The van der Waals surface area contributed by atoms with Crippen molar-refractivity contribution in [1.29, 1.82) is 0 Å². The lowest BCUT2D eigenvalue weighted by Crippen LogP contribution is -2.14. The molecule has 0 aliphatic carbocycles. The number of hydrogen-bond acceptors (Lipinski definition) is 3. The second kappa shape index (κ2) is 7.38. The first kappa shape index (κ1) is 15.7. The fourth-order valence-corrected chi connectivity index (χ4v) is 2.07. The largest absolute Gasteiger partial charge is 0.455 e. The van der Waals surface area contributed by atoms with E-state index in [1.807, 2.05) is 13.0 Å². The van der Waals surface area contributed by atoms with Crippen molar-refractivity contribution < 1.29 is 9.13 Å². The molecule has 21 heavy (non-hydrogen) atoms. The number of nitrogens with zero attached hydrogens (tertiary/aromatic N) is 1. The first-order valence-corrected chi connectivity index (χ1v) is 7.27. The average molecular weight is 309 g/mol. The van der Waals surface area contributed by atoms with Crippen molar-refractivity contribution in [3.63, 3.8) is 0 Å². The number of benzene rings is 1. The van der Waals surface area contributed by atoms with Gasteiger partial charge >= 0.3 is 0 Å². The normalized spacial score (nSPS) is 10.7. The second-order valence-electron chi connectivity index (χ2n) is 4.79. The molecule has 0 saturated heterocycles. The van der Waals surface area contributed by atoms with Crippen molar-refractivity contribution in [3.05, 3.63) is 52.6 Å². The summed E-state index contributed by atoms with van der Waals surface area (Å²) in [6.45, 7) is 5.58. The molecule has 0 aliphatic rings. The molecule has 0 bridgehead atoms. The Morgan fingerprint density at radius 1 is 1.29 bits per heavy atom. The van der Waals surface area contributed by atoms with E-state index in [4.69, 9.17) is 16.3 Å². The number of hydrogen-bond donors (Lipinski definition) is 1. The quantitative estimate of drug-likeness (QED) is 0.799. The third-order valence-corrected chi connectivity index (χ3v) is 3.23. The predicted octanol–water partition coefficient (Wildman–Crippen LogP) is 4.47. The number of pyridine rings is 1. The van der Waals surface area contributed by atoms with Gasteiger partial charge in [-0.1, -0.05) is 18.5 Å². The summed E-state index contributed by atoms with van der Waals surface area (Å²) in [5.41, 5.74) is 1.79. The van der Waals surface area contributed by atoms with Gasteiger partial charge in [0.2, 0.25) is 0 Å². The zero-order chi connectivity index (χ0) is 15.2. The van der Waals surface area contributed by atoms with Crippen LogP contribution in [0, 0.1) is 12.7 Å². The molecule has 0 fully saturated rings. The molecule has 2 rings (SSSR count). The van der Waals surface area contributed by atoms with Gasteiger partial charge in [-0.05, 0) is 38.1 Å². The van der Waals surface area contributed by atoms with E-state index in [9.17, 15) is 4.39 Å². The third kappa shape index (κ3) is 4.41. The van der Waals surface area contributed by atoms with Crippen LogP contribution in [0.15, 0.2) is 30.5 Å². The lowest BCUT2D eigenvalue weighted by Gasteiger charge is -2.13. The number of halogens is 2. The zero-order valence-electron chi connectivity index (χ0n) is 12.1. The molecule has 3 nitrogen and oxygen atoms in total. The minimum absolute atomic E-state index is 0.247. The van der Waals surface area contributed by atoms with Crippen LogP contribution >= 0.6 is 11.6 Å². The minimum Gasteiger partial charge on any atom is -0.455 e. The van der Waals surface area contributed by atoms with Crippen LogP contribution in [0.3, 0.4) is 0 Å². The zero-order valence-corrected chi connectivity index (χ0v) is 12.9. The summed E-state index contributed by atoms with van der Waals surface area (Å²) in [6, 6.07) is 5.93. The van der Waals surface area contributed by atoms with Crippen LogP contribution in [0.1, 0.15) is 24.6 Å². The number of ether oxygens (including phenoxy) is 1. The van der Waals surface area contributed by atoms with E-state index in [1.54, 1.807) is 6.20 Å². The van der Waals surface area contributed by atoms with E-state index < -0.39 is 0 Å². The standard InChI is InChI=1S/C16H18ClFN2O/c1-3-6-19-9-12-10-20-11(2)7-16(12)21-15-5-4-13(18)8-14(15)17/h4-5,7-8,10,19H,3,6,9H2,1-2H3. The van der Waals surface area contributed by atoms with Gasteiger partial charge in [-0.15, -0.1) is 0 Å². The first-order valence-electron chi connectivity index (χ1n) is 6.89. The first-order chi connectivity index (χ1) is 10.1. The van der Waals surface area contributed by atoms with Crippen molar-refractivity contribution in [3.8, 4) is 11.5 Å². The molecule has 5 heteroatoms. The summed E-state index contributed by atoms with van der Waals surface area (Å²) in [6.07, 6.45) is 2.84. The maximum atomic E-state index is 13.1. The van der Waals surface area contributed by atoms with Crippen LogP contribution < -0.4 is 10.1 Å². The fourth-order valence-electron chi connectivity index (χ4n) is 1.87. The molecule has 1 heterocycles. The van der Waals surface area contributed by atoms with E-state index in [2.05, 4.69) is 17.2 Å². The number of aryl methyl sites for hydroxylation is 1. The van der Waals surface area contributed by atoms with E-state index >= 15 is 0 Å². The highest BCUT2D eigenvalue weighted by atomic mass is 35.5. The number of aromatic nitrogens is 1. The van der Waals surface area contributed by atoms with Crippen molar-refractivity contribution in [2.45, 2.75) is 26.8 Å². The summed E-state index contributed by atoms with van der Waals surface area (Å²) in [5.74, 6) is 0.725. The minimum atomic E-state index is -0.386. The average Bonchev–Trinajstić information content (AvgIpc) is 2.44. The molecule has 112 valence electrons. The van der Waals surface area contributed by atoms with Crippen LogP contribution in [0.4, 0.5) is 4.39 Å². The highest BCUT2D eigenvalue weighted by molar-refractivity contribution is 6.32. The fraction of sp³-hybridized carbons (Fsp3) is 0.312. The van der Waals surface area contributed by atoms with E-state index in [1.165, 1.54) is 18.2 Å². The highest BCUT2D eigenvalue weighted by Crippen LogP contribution is 2.31. The van der Waals surface area contributed by atoms with Crippen LogP contribution in [-0.2, 0) is 6.54 Å². The van der Waals surface area contributed by atoms with E-state index in [0.717, 1.165) is 24.2 Å². The van der Waals surface area contributed by atoms with Crippen LogP contribution in [0.5, 0.6) is 11.5 Å². The number of nitrogens with one attached hydrogen (secondary N) is 1.